The van der Waals surface area contributed by atoms with E-state index >= 15 is 0 Å². The van der Waals surface area contributed by atoms with Gasteiger partial charge in [-0.25, -0.2) is 10.2 Å². The molecule has 0 unspecified atom stereocenters. The maximum atomic E-state index is 10.9. The Morgan fingerprint density at radius 2 is 1.82 bits per heavy atom. The summed E-state index contributed by atoms with van der Waals surface area (Å²) >= 11 is 0. The first-order chi connectivity index (χ1) is 8.10. The molecule has 17 heavy (non-hydrogen) atoms. The van der Waals surface area contributed by atoms with E-state index in [2.05, 4.69) is 29.3 Å². The fourth-order valence-corrected chi connectivity index (χ4v) is 0.646. The third-order valence-electron chi connectivity index (χ3n) is 1.46. The normalized spacial score (nSPS) is 8.94. The number of carbonyl (C=O) groups is 1. The molecule has 0 rings (SSSR count). The van der Waals surface area contributed by atoms with Gasteiger partial charge < -0.3 is 10.1 Å². The Balaban J connectivity index is 0. The van der Waals surface area contributed by atoms with Crippen molar-refractivity contribution in [3.63, 3.8) is 0 Å². The molecule has 0 aromatic heterocycles. The summed E-state index contributed by atoms with van der Waals surface area (Å²) in [5, 5.41) is 2.85. The Hall–Kier alpha value is -1.75. The number of rotatable bonds is 6. The van der Waals surface area contributed by atoms with Crippen molar-refractivity contribution in [3.8, 4) is 0 Å². The van der Waals surface area contributed by atoms with Gasteiger partial charge in [0.15, 0.2) is 0 Å². The molecule has 0 fully saturated rings. The Morgan fingerprint density at radius 1 is 1.24 bits per heavy atom. The van der Waals surface area contributed by atoms with E-state index in [0.29, 0.717) is 5.57 Å². The molecular weight excluding hydrogens is 218 g/mol. The predicted molar refractivity (Wildman–Crippen MR) is 71.4 cm³/mol. The zero-order valence-corrected chi connectivity index (χ0v) is 11.1. The molecule has 0 saturated carbocycles. The average molecular weight is 241 g/mol. The van der Waals surface area contributed by atoms with Crippen LogP contribution in [0.1, 0.15) is 13.8 Å². The third-order valence-corrected chi connectivity index (χ3v) is 1.46. The highest BCUT2D eigenvalue weighted by molar-refractivity contribution is 5.66. The summed E-state index contributed by atoms with van der Waals surface area (Å²) in [6.45, 7) is 11.6. The van der Waals surface area contributed by atoms with E-state index < -0.39 is 6.09 Å². The second kappa shape index (κ2) is 12.3. The molecule has 0 heterocycles. The van der Waals surface area contributed by atoms with Gasteiger partial charge >= 0.3 is 6.09 Å². The molecule has 0 atom stereocenters. The number of amides is 1. The van der Waals surface area contributed by atoms with Gasteiger partial charge in [0, 0.05) is 19.8 Å². The maximum Gasteiger partial charge on any atom is 0.421 e. The Morgan fingerprint density at radius 3 is 2.29 bits per heavy atom. The van der Waals surface area contributed by atoms with Crippen molar-refractivity contribution in [1.82, 2.24) is 16.2 Å². The van der Waals surface area contributed by atoms with Crippen molar-refractivity contribution in [2.75, 3.05) is 20.7 Å². The lowest BCUT2D eigenvalue weighted by molar-refractivity contribution is 0.153. The number of nitrogens with one attached hydrogen (secondary N) is 3. The monoisotopic (exact) mass is 241 g/mol. The molecule has 0 aliphatic carbocycles. The van der Waals surface area contributed by atoms with Crippen molar-refractivity contribution in [2.45, 2.75) is 13.8 Å². The number of carbonyl (C=O) groups excluding carboxylic acids is 1. The lowest BCUT2D eigenvalue weighted by Gasteiger charge is -2.05. The molecular formula is C12H23N3O2. The van der Waals surface area contributed by atoms with Crippen molar-refractivity contribution in [2.24, 2.45) is 0 Å². The Bertz CT molecular complexity index is 273. The van der Waals surface area contributed by atoms with E-state index in [1.165, 1.54) is 0 Å². The lowest BCUT2D eigenvalue weighted by atomic mass is 10.3. The van der Waals surface area contributed by atoms with Crippen LogP contribution in [-0.4, -0.2) is 26.8 Å². The molecule has 0 spiro atoms. The summed E-state index contributed by atoms with van der Waals surface area (Å²) in [6, 6.07) is 0. The highest BCUT2D eigenvalue weighted by Gasteiger charge is 1.98. The molecule has 0 radical (unpaired) electrons. The Kier molecular flexibility index (Phi) is 12.8. The molecule has 5 nitrogen and oxygen atoms in total. The third kappa shape index (κ3) is 12.2. The van der Waals surface area contributed by atoms with Crippen LogP contribution in [-0.2, 0) is 4.74 Å². The van der Waals surface area contributed by atoms with Gasteiger partial charge in [0.05, 0.1) is 0 Å². The zero-order valence-electron chi connectivity index (χ0n) is 11.1. The van der Waals surface area contributed by atoms with E-state index in [0.717, 1.165) is 5.70 Å². The van der Waals surface area contributed by atoms with Crippen molar-refractivity contribution >= 4 is 6.09 Å². The number of hydrogen-bond acceptors (Lipinski definition) is 4. The molecule has 0 aromatic rings. The maximum absolute atomic E-state index is 10.9. The summed E-state index contributed by atoms with van der Waals surface area (Å²) in [4.78, 5) is 10.9. The van der Waals surface area contributed by atoms with E-state index in [4.69, 9.17) is 4.74 Å². The molecule has 0 bridgehead atoms. The molecule has 5 heteroatoms. The summed E-state index contributed by atoms with van der Waals surface area (Å²) in [6.07, 6.45) is 2.94. The summed E-state index contributed by atoms with van der Waals surface area (Å²) in [5.74, 6) is 0. The van der Waals surface area contributed by atoms with Crippen molar-refractivity contribution < 1.29 is 9.53 Å². The van der Waals surface area contributed by atoms with Crippen LogP contribution in [0.2, 0.25) is 0 Å². The quantitative estimate of drug-likeness (QED) is 0.489. The second-order valence-electron chi connectivity index (χ2n) is 2.72. The molecule has 0 aliphatic rings. The van der Waals surface area contributed by atoms with Crippen LogP contribution in [0.25, 0.3) is 0 Å². The summed E-state index contributed by atoms with van der Waals surface area (Å²) < 4.78 is 4.80. The fraction of sp³-hybridized carbons (Fsp3) is 0.417. The zero-order chi connectivity index (χ0) is 13.7. The van der Waals surface area contributed by atoms with E-state index in [1.54, 1.807) is 26.2 Å². The smallest absolute Gasteiger partial charge is 0.421 e. The fourth-order valence-electron chi connectivity index (χ4n) is 0.646. The van der Waals surface area contributed by atoms with Gasteiger partial charge in [0.2, 0.25) is 0 Å². The molecule has 0 aliphatic heterocycles. The first-order valence-corrected chi connectivity index (χ1v) is 5.42. The van der Waals surface area contributed by atoms with Crippen LogP contribution >= 0.6 is 0 Å². The number of likely N-dealkylation sites (N-methyl/N-ethyl adjacent to an activating group) is 1. The lowest BCUT2D eigenvalue weighted by Crippen LogP contribution is -2.34. The van der Waals surface area contributed by atoms with E-state index in [1.807, 2.05) is 13.8 Å². The first-order valence-electron chi connectivity index (χ1n) is 5.42. The average Bonchev–Trinajstić information content (AvgIpc) is 2.36. The number of hydrazine groups is 1. The second-order valence-corrected chi connectivity index (χ2v) is 2.72. The summed E-state index contributed by atoms with van der Waals surface area (Å²) in [5.41, 5.74) is 6.16. The minimum absolute atomic E-state index is 0.140. The van der Waals surface area contributed by atoms with Crippen LogP contribution in [0.4, 0.5) is 4.79 Å². The van der Waals surface area contributed by atoms with E-state index in [-0.39, 0.29) is 6.61 Å². The van der Waals surface area contributed by atoms with Gasteiger partial charge in [0.25, 0.3) is 0 Å². The number of ether oxygens (including phenoxy) is 1. The standard InChI is InChI=1S/C10H17N3O2.C2H6/c1-8(5-6-9(2)11-3)7-15-10(14)13-12-4;1-2/h5-6,11-12H,1-2,7H2,3-4H3,(H,13,14);1-2H3/b6-5-;. The first kappa shape index (κ1) is 17.6. The topological polar surface area (TPSA) is 62.4 Å². The number of allylic oxidation sites excluding steroid dienone is 1. The highest BCUT2D eigenvalue weighted by atomic mass is 16.6. The highest BCUT2D eigenvalue weighted by Crippen LogP contribution is 1.96. The largest absolute Gasteiger partial charge is 0.444 e. The van der Waals surface area contributed by atoms with Gasteiger partial charge in [-0.2, -0.15) is 0 Å². The minimum atomic E-state index is -0.542. The van der Waals surface area contributed by atoms with Gasteiger partial charge in [-0.3, -0.25) is 5.43 Å². The molecule has 98 valence electrons. The van der Waals surface area contributed by atoms with Crippen LogP contribution < -0.4 is 16.2 Å². The molecule has 3 N–H and O–H groups in total. The van der Waals surface area contributed by atoms with Crippen LogP contribution in [0.15, 0.2) is 36.6 Å². The van der Waals surface area contributed by atoms with Crippen LogP contribution in [0.5, 0.6) is 0 Å². The van der Waals surface area contributed by atoms with Gasteiger partial charge in [-0.1, -0.05) is 33.1 Å². The minimum Gasteiger partial charge on any atom is -0.444 e. The molecule has 1 amide bonds. The predicted octanol–water partition coefficient (Wildman–Crippen LogP) is 1.72. The van der Waals surface area contributed by atoms with Gasteiger partial charge in [-0.15, -0.1) is 0 Å². The SMILES string of the molecule is C=C(/C=C\C(=C)NC)COC(=O)NNC.CC. The summed E-state index contributed by atoms with van der Waals surface area (Å²) in [7, 11) is 3.35. The van der Waals surface area contributed by atoms with Gasteiger partial charge in [-0.05, 0) is 11.6 Å². The van der Waals surface area contributed by atoms with E-state index in [9.17, 15) is 4.79 Å². The van der Waals surface area contributed by atoms with Crippen molar-refractivity contribution in [3.05, 3.63) is 36.6 Å². The van der Waals surface area contributed by atoms with Crippen molar-refractivity contribution in [1.29, 1.82) is 0 Å². The Labute approximate surface area is 104 Å². The van der Waals surface area contributed by atoms with Crippen LogP contribution in [0.3, 0.4) is 0 Å². The molecule has 0 saturated heterocycles. The van der Waals surface area contributed by atoms with Crippen LogP contribution in [0, 0.1) is 0 Å². The van der Waals surface area contributed by atoms with Gasteiger partial charge in [0.1, 0.15) is 6.61 Å². The number of hydrogen-bond donors (Lipinski definition) is 3. The molecule has 0 aromatic carbocycles.